The standard InChI is InChI=1S/C18H38O2/c1-3-5-6-7-8-9-10-11-12-13-15-18(20)17(16-19)14-4-2/h17-20H,3-16H2,1-2H3. The molecule has 2 heteroatoms. The Morgan fingerprint density at radius 3 is 1.60 bits per heavy atom. The van der Waals surface area contributed by atoms with Gasteiger partial charge >= 0.3 is 0 Å². The molecule has 2 N–H and O–H groups in total. The van der Waals surface area contributed by atoms with Crippen molar-refractivity contribution in [2.75, 3.05) is 6.61 Å². The molecule has 0 bridgehead atoms. The summed E-state index contributed by atoms with van der Waals surface area (Å²) in [5.74, 6) is 0.0959. The molecule has 0 aliphatic rings. The topological polar surface area (TPSA) is 40.5 Å². The van der Waals surface area contributed by atoms with Gasteiger partial charge in [-0.05, 0) is 12.8 Å². The summed E-state index contributed by atoms with van der Waals surface area (Å²) in [4.78, 5) is 0. The number of rotatable bonds is 15. The second-order valence-corrected chi connectivity index (χ2v) is 6.27. The van der Waals surface area contributed by atoms with Gasteiger partial charge in [0.1, 0.15) is 0 Å². The molecule has 0 heterocycles. The summed E-state index contributed by atoms with van der Waals surface area (Å²) in [7, 11) is 0. The monoisotopic (exact) mass is 286 g/mol. The van der Waals surface area contributed by atoms with Crippen LogP contribution in [0.4, 0.5) is 0 Å². The van der Waals surface area contributed by atoms with Crippen molar-refractivity contribution in [2.24, 2.45) is 5.92 Å². The summed E-state index contributed by atoms with van der Waals surface area (Å²) in [6.45, 7) is 4.50. The van der Waals surface area contributed by atoms with Crippen molar-refractivity contribution in [2.45, 2.75) is 103 Å². The van der Waals surface area contributed by atoms with E-state index in [4.69, 9.17) is 0 Å². The van der Waals surface area contributed by atoms with Crippen LogP contribution in [0.1, 0.15) is 97.3 Å². The molecule has 0 saturated carbocycles. The summed E-state index contributed by atoms with van der Waals surface area (Å²) in [5.41, 5.74) is 0. The van der Waals surface area contributed by atoms with Crippen LogP contribution in [0.2, 0.25) is 0 Å². The number of aliphatic hydroxyl groups excluding tert-OH is 2. The maximum absolute atomic E-state index is 10.0. The van der Waals surface area contributed by atoms with Crippen LogP contribution in [-0.2, 0) is 0 Å². The smallest absolute Gasteiger partial charge is 0.0590 e. The second-order valence-electron chi connectivity index (χ2n) is 6.27. The molecule has 122 valence electrons. The first-order chi connectivity index (χ1) is 9.76. The van der Waals surface area contributed by atoms with E-state index in [0.29, 0.717) is 0 Å². The molecule has 2 nitrogen and oxygen atoms in total. The van der Waals surface area contributed by atoms with Crippen molar-refractivity contribution in [1.82, 2.24) is 0 Å². The Labute approximate surface area is 127 Å². The summed E-state index contributed by atoms with van der Waals surface area (Å²) in [5, 5.41) is 19.2. The summed E-state index contributed by atoms with van der Waals surface area (Å²) in [6, 6.07) is 0. The lowest BCUT2D eigenvalue weighted by Gasteiger charge is -2.20. The number of aliphatic hydroxyl groups is 2. The normalized spacial score (nSPS) is 14.4. The Morgan fingerprint density at radius 1 is 0.650 bits per heavy atom. The number of hydrogen-bond acceptors (Lipinski definition) is 2. The number of hydrogen-bond donors (Lipinski definition) is 2. The quantitative estimate of drug-likeness (QED) is 0.413. The lowest BCUT2D eigenvalue weighted by Crippen LogP contribution is -2.23. The Bertz CT molecular complexity index is 182. The van der Waals surface area contributed by atoms with Crippen LogP contribution in [0.5, 0.6) is 0 Å². The van der Waals surface area contributed by atoms with Crippen LogP contribution >= 0.6 is 0 Å². The largest absolute Gasteiger partial charge is 0.396 e. The first-order valence-electron chi connectivity index (χ1n) is 9.05. The van der Waals surface area contributed by atoms with E-state index >= 15 is 0 Å². The van der Waals surface area contributed by atoms with Crippen molar-refractivity contribution >= 4 is 0 Å². The van der Waals surface area contributed by atoms with Gasteiger partial charge in [0.25, 0.3) is 0 Å². The molecule has 0 radical (unpaired) electrons. The zero-order valence-electron chi connectivity index (χ0n) is 13.9. The van der Waals surface area contributed by atoms with Gasteiger partial charge in [-0.3, -0.25) is 0 Å². The van der Waals surface area contributed by atoms with Crippen molar-refractivity contribution in [3.05, 3.63) is 0 Å². The Hall–Kier alpha value is -0.0800. The van der Waals surface area contributed by atoms with Gasteiger partial charge in [0.2, 0.25) is 0 Å². The molecule has 2 atom stereocenters. The van der Waals surface area contributed by atoms with Crippen LogP contribution < -0.4 is 0 Å². The van der Waals surface area contributed by atoms with E-state index in [9.17, 15) is 10.2 Å². The van der Waals surface area contributed by atoms with Crippen LogP contribution in [0.25, 0.3) is 0 Å². The summed E-state index contributed by atoms with van der Waals surface area (Å²) < 4.78 is 0. The van der Waals surface area contributed by atoms with E-state index in [2.05, 4.69) is 13.8 Å². The molecule has 20 heavy (non-hydrogen) atoms. The molecule has 0 aliphatic heterocycles. The second kappa shape index (κ2) is 15.3. The van der Waals surface area contributed by atoms with Gasteiger partial charge in [-0.1, -0.05) is 84.5 Å². The van der Waals surface area contributed by atoms with E-state index in [1.165, 1.54) is 57.8 Å². The predicted molar refractivity (Wildman–Crippen MR) is 88.0 cm³/mol. The van der Waals surface area contributed by atoms with E-state index in [0.717, 1.165) is 25.7 Å². The highest BCUT2D eigenvalue weighted by atomic mass is 16.3. The fourth-order valence-corrected chi connectivity index (χ4v) is 2.85. The summed E-state index contributed by atoms with van der Waals surface area (Å²) >= 11 is 0. The molecule has 0 aromatic rings. The maximum Gasteiger partial charge on any atom is 0.0590 e. The van der Waals surface area contributed by atoms with Crippen molar-refractivity contribution in [1.29, 1.82) is 0 Å². The zero-order valence-corrected chi connectivity index (χ0v) is 13.9. The Kier molecular flexibility index (Phi) is 15.3. The molecule has 0 fully saturated rings. The van der Waals surface area contributed by atoms with Gasteiger partial charge < -0.3 is 10.2 Å². The Morgan fingerprint density at radius 2 is 1.15 bits per heavy atom. The van der Waals surface area contributed by atoms with E-state index < -0.39 is 0 Å². The molecule has 0 spiro atoms. The third-order valence-electron chi connectivity index (χ3n) is 4.29. The van der Waals surface area contributed by atoms with Crippen LogP contribution in [0.3, 0.4) is 0 Å². The van der Waals surface area contributed by atoms with Crippen LogP contribution in [-0.4, -0.2) is 22.9 Å². The zero-order chi connectivity index (χ0) is 15.1. The minimum Gasteiger partial charge on any atom is -0.396 e. The lowest BCUT2D eigenvalue weighted by molar-refractivity contribution is 0.0539. The van der Waals surface area contributed by atoms with Gasteiger partial charge in [0, 0.05) is 12.5 Å². The molecule has 0 saturated heterocycles. The third-order valence-corrected chi connectivity index (χ3v) is 4.29. The highest BCUT2D eigenvalue weighted by Gasteiger charge is 2.16. The SMILES string of the molecule is CCCCCCCCCCCCC(O)C(CO)CCC. The molecule has 2 unspecified atom stereocenters. The molecule has 0 aliphatic carbocycles. The van der Waals surface area contributed by atoms with E-state index in [1.54, 1.807) is 0 Å². The van der Waals surface area contributed by atoms with E-state index in [1.807, 2.05) is 0 Å². The molecular weight excluding hydrogens is 248 g/mol. The van der Waals surface area contributed by atoms with Gasteiger partial charge in [-0.2, -0.15) is 0 Å². The van der Waals surface area contributed by atoms with Crippen molar-refractivity contribution < 1.29 is 10.2 Å². The van der Waals surface area contributed by atoms with Crippen LogP contribution in [0.15, 0.2) is 0 Å². The van der Waals surface area contributed by atoms with Gasteiger partial charge in [0.15, 0.2) is 0 Å². The lowest BCUT2D eigenvalue weighted by atomic mass is 9.93. The molecule has 0 rings (SSSR count). The minimum atomic E-state index is -0.297. The van der Waals surface area contributed by atoms with E-state index in [-0.39, 0.29) is 18.6 Å². The number of unbranched alkanes of at least 4 members (excludes halogenated alkanes) is 9. The minimum absolute atomic E-state index is 0.0959. The highest BCUT2D eigenvalue weighted by Crippen LogP contribution is 2.17. The average molecular weight is 287 g/mol. The molecule has 0 aromatic carbocycles. The fourth-order valence-electron chi connectivity index (χ4n) is 2.85. The van der Waals surface area contributed by atoms with Crippen molar-refractivity contribution in [3.8, 4) is 0 Å². The van der Waals surface area contributed by atoms with Crippen LogP contribution in [0, 0.1) is 5.92 Å². The van der Waals surface area contributed by atoms with Gasteiger partial charge in [-0.15, -0.1) is 0 Å². The van der Waals surface area contributed by atoms with Gasteiger partial charge in [-0.25, -0.2) is 0 Å². The molecule has 0 amide bonds. The van der Waals surface area contributed by atoms with Crippen molar-refractivity contribution in [3.63, 3.8) is 0 Å². The molecule has 0 aromatic heterocycles. The first-order valence-corrected chi connectivity index (χ1v) is 9.05. The van der Waals surface area contributed by atoms with Gasteiger partial charge in [0.05, 0.1) is 6.10 Å². The Balaban J connectivity index is 3.30. The summed E-state index contributed by atoms with van der Waals surface area (Å²) in [6.07, 6.45) is 15.8. The molecular formula is C18H38O2. The highest BCUT2D eigenvalue weighted by molar-refractivity contribution is 4.67. The predicted octanol–water partition coefficient (Wildman–Crippen LogP) is 5.07. The average Bonchev–Trinajstić information content (AvgIpc) is 2.46. The third kappa shape index (κ3) is 11.7. The fraction of sp³-hybridized carbons (Fsp3) is 1.00. The first kappa shape index (κ1) is 19.9. The maximum atomic E-state index is 10.0.